The second-order valence-electron chi connectivity index (χ2n) is 5.73. The minimum absolute atomic E-state index is 0.0719. The lowest BCUT2D eigenvalue weighted by atomic mass is 10.1. The van der Waals surface area contributed by atoms with Gasteiger partial charge in [0.25, 0.3) is 5.91 Å². The summed E-state index contributed by atoms with van der Waals surface area (Å²) in [6.07, 6.45) is 0. The maximum absolute atomic E-state index is 12.6. The van der Waals surface area contributed by atoms with Crippen LogP contribution in [0.2, 0.25) is 0 Å². The van der Waals surface area contributed by atoms with E-state index < -0.39 is 10.0 Å². The molecule has 1 aromatic heterocycles. The van der Waals surface area contributed by atoms with E-state index in [2.05, 4.69) is 5.32 Å². The summed E-state index contributed by atoms with van der Waals surface area (Å²) in [5.74, 6) is -0.232. The molecule has 0 unspecified atom stereocenters. The molecule has 8 heteroatoms. The molecule has 0 atom stereocenters. The van der Waals surface area contributed by atoms with Crippen molar-refractivity contribution in [3.63, 3.8) is 0 Å². The monoisotopic (exact) mass is 380 g/mol. The van der Waals surface area contributed by atoms with E-state index in [1.54, 1.807) is 17.5 Å². The zero-order valence-electron chi connectivity index (χ0n) is 13.7. The van der Waals surface area contributed by atoms with Gasteiger partial charge in [-0.05, 0) is 22.6 Å². The third-order valence-electron chi connectivity index (χ3n) is 4.04. The summed E-state index contributed by atoms with van der Waals surface area (Å²) < 4.78 is 31.9. The summed E-state index contributed by atoms with van der Waals surface area (Å²) in [6.45, 7) is 1.93. The molecule has 1 amide bonds. The Bertz CT molecular complexity index is 813. The van der Waals surface area contributed by atoms with Crippen LogP contribution < -0.4 is 5.32 Å². The Morgan fingerprint density at radius 1 is 1.16 bits per heavy atom. The van der Waals surface area contributed by atoms with Gasteiger partial charge in [-0.15, -0.1) is 0 Å². The zero-order valence-corrected chi connectivity index (χ0v) is 15.3. The minimum Gasteiger partial charge on any atom is -0.379 e. The normalized spacial score (nSPS) is 15.8. The van der Waals surface area contributed by atoms with Gasteiger partial charge in [0.15, 0.2) is 0 Å². The molecular formula is C17H20N2O4S2. The van der Waals surface area contributed by atoms with Gasteiger partial charge < -0.3 is 10.1 Å². The first kappa shape index (κ1) is 18.1. The number of nitrogens with one attached hydrogen (secondary N) is 1. The van der Waals surface area contributed by atoms with E-state index in [9.17, 15) is 13.2 Å². The first-order chi connectivity index (χ1) is 12.1. The molecule has 6 nitrogen and oxygen atoms in total. The van der Waals surface area contributed by atoms with Crippen LogP contribution in [0.15, 0.2) is 41.1 Å². The third-order valence-corrected chi connectivity index (χ3v) is 6.55. The molecule has 25 heavy (non-hydrogen) atoms. The molecule has 1 aliphatic heterocycles. The van der Waals surface area contributed by atoms with Gasteiger partial charge in [-0.3, -0.25) is 4.79 Å². The first-order valence-electron chi connectivity index (χ1n) is 7.99. The Labute approximate surface area is 151 Å². The maximum atomic E-state index is 12.6. The maximum Gasteiger partial charge on any atom is 0.252 e. The summed E-state index contributed by atoms with van der Waals surface area (Å²) in [6, 6.07) is 9.06. The Kier molecular flexibility index (Phi) is 5.85. The van der Waals surface area contributed by atoms with Gasteiger partial charge in [0, 0.05) is 30.6 Å². The number of morpholine rings is 1. The van der Waals surface area contributed by atoms with Gasteiger partial charge in [0.1, 0.15) is 0 Å². The minimum atomic E-state index is -3.40. The van der Waals surface area contributed by atoms with Crippen molar-refractivity contribution in [3.8, 4) is 0 Å². The molecule has 1 saturated heterocycles. The summed E-state index contributed by atoms with van der Waals surface area (Å²) in [5.41, 5.74) is 2.13. The Morgan fingerprint density at radius 3 is 2.56 bits per heavy atom. The highest BCUT2D eigenvalue weighted by atomic mass is 32.2. The highest BCUT2D eigenvalue weighted by Gasteiger charge is 2.25. The van der Waals surface area contributed by atoms with Crippen molar-refractivity contribution in [3.05, 3.63) is 57.8 Å². The second-order valence-corrected chi connectivity index (χ2v) is 8.48. The van der Waals surface area contributed by atoms with Crippen LogP contribution in [0, 0.1) is 0 Å². The van der Waals surface area contributed by atoms with Crippen LogP contribution in [0.5, 0.6) is 0 Å². The van der Waals surface area contributed by atoms with Crippen LogP contribution >= 0.6 is 11.3 Å². The lowest BCUT2D eigenvalue weighted by Crippen LogP contribution is -2.41. The van der Waals surface area contributed by atoms with E-state index >= 15 is 0 Å². The number of sulfonamides is 1. The highest BCUT2D eigenvalue weighted by molar-refractivity contribution is 7.88. The smallest absolute Gasteiger partial charge is 0.252 e. The summed E-state index contributed by atoms with van der Waals surface area (Å²) >= 11 is 1.46. The van der Waals surface area contributed by atoms with Gasteiger partial charge in [-0.2, -0.15) is 15.6 Å². The van der Waals surface area contributed by atoms with Crippen LogP contribution in [0.3, 0.4) is 0 Å². The van der Waals surface area contributed by atoms with Crippen molar-refractivity contribution in [2.45, 2.75) is 12.3 Å². The van der Waals surface area contributed by atoms with Crippen molar-refractivity contribution in [2.24, 2.45) is 0 Å². The summed E-state index contributed by atoms with van der Waals surface area (Å²) in [4.78, 5) is 12.1. The molecule has 2 heterocycles. The van der Waals surface area contributed by atoms with Gasteiger partial charge in [0.05, 0.1) is 19.0 Å². The van der Waals surface area contributed by atoms with E-state index in [1.165, 1.54) is 15.6 Å². The summed E-state index contributed by atoms with van der Waals surface area (Å²) in [7, 11) is -3.40. The SMILES string of the molecule is O=C(NCc1ccccc1CS(=O)(=O)N1CCOCC1)c1ccsc1. The fraction of sp³-hybridized carbons (Fsp3) is 0.353. The number of thiophene rings is 1. The van der Waals surface area contributed by atoms with Crippen molar-refractivity contribution < 1.29 is 17.9 Å². The largest absolute Gasteiger partial charge is 0.379 e. The molecule has 1 fully saturated rings. The average Bonchev–Trinajstić information content (AvgIpc) is 3.16. The average molecular weight is 380 g/mol. The van der Waals surface area contributed by atoms with E-state index in [1.807, 2.05) is 23.6 Å². The molecule has 134 valence electrons. The lowest BCUT2D eigenvalue weighted by molar-refractivity contribution is 0.0729. The quantitative estimate of drug-likeness (QED) is 0.830. The number of carbonyl (C=O) groups is 1. The molecule has 1 aromatic carbocycles. The van der Waals surface area contributed by atoms with E-state index in [0.717, 1.165) is 5.56 Å². The third kappa shape index (κ3) is 4.66. The number of rotatable bonds is 6. The molecule has 0 saturated carbocycles. The van der Waals surface area contributed by atoms with Gasteiger partial charge in [-0.1, -0.05) is 24.3 Å². The van der Waals surface area contributed by atoms with Gasteiger partial charge in [0.2, 0.25) is 10.0 Å². The molecular weight excluding hydrogens is 360 g/mol. The van der Waals surface area contributed by atoms with Crippen molar-refractivity contribution in [1.29, 1.82) is 0 Å². The fourth-order valence-electron chi connectivity index (χ4n) is 2.65. The van der Waals surface area contributed by atoms with Crippen LogP contribution in [0.1, 0.15) is 21.5 Å². The first-order valence-corrected chi connectivity index (χ1v) is 10.5. The molecule has 0 aliphatic carbocycles. The standard InChI is InChI=1S/C17H20N2O4S2/c20-17(15-5-10-24-12-15)18-11-14-3-1-2-4-16(14)13-25(21,22)19-6-8-23-9-7-19/h1-5,10,12H,6-9,11,13H2,(H,18,20). The number of ether oxygens (including phenoxy) is 1. The Hall–Kier alpha value is -1.74. The Balaban J connectivity index is 1.69. The van der Waals surface area contributed by atoms with Crippen molar-refractivity contribution >= 4 is 27.3 Å². The predicted octanol–water partition coefficient (Wildman–Crippen LogP) is 1.84. The van der Waals surface area contributed by atoms with Gasteiger partial charge >= 0.3 is 0 Å². The van der Waals surface area contributed by atoms with Crippen molar-refractivity contribution in [1.82, 2.24) is 9.62 Å². The molecule has 2 aromatic rings. The molecule has 1 N–H and O–H groups in total. The van der Waals surface area contributed by atoms with E-state index in [0.29, 0.717) is 44.0 Å². The molecule has 0 radical (unpaired) electrons. The number of benzene rings is 1. The van der Waals surface area contributed by atoms with E-state index in [4.69, 9.17) is 4.74 Å². The Morgan fingerprint density at radius 2 is 1.88 bits per heavy atom. The molecule has 0 spiro atoms. The molecule has 1 aliphatic rings. The van der Waals surface area contributed by atoms with Crippen LogP contribution in [0.25, 0.3) is 0 Å². The fourth-order valence-corrected chi connectivity index (χ4v) is 4.85. The number of hydrogen-bond donors (Lipinski definition) is 1. The second kappa shape index (κ2) is 8.09. The number of nitrogens with zero attached hydrogens (tertiary/aromatic N) is 1. The number of hydrogen-bond acceptors (Lipinski definition) is 5. The van der Waals surface area contributed by atoms with E-state index in [-0.39, 0.29) is 11.7 Å². The predicted molar refractivity (Wildman–Crippen MR) is 96.9 cm³/mol. The zero-order chi connectivity index (χ0) is 17.7. The topological polar surface area (TPSA) is 75.7 Å². The van der Waals surface area contributed by atoms with Crippen LogP contribution in [-0.4, -0.2) is 44.9 Å². The molecule has 3 rings (SSSR count). The number of carbonyl (C=O) groups excluding carboxylic acids is 1. The lowest BCUT2D eigenvalue weighted by Gasteiger charge is -2.26. The van der Waals surface area contributed by atoms with Crippen LogP contribution in [-0.2, 0) is 27.1 Å². The van der Waals surface area contributed by atoms with Gasteiger partial charge in [-0.25, -0.2) is 8.42 Å². The molecule has 0 bridgehead atoms. The highest BCUT2D eigenvalue weighted by Crippen LogP contribution is 2.17. The summed E-state index contributed by atoms with van der Waals surface area (Å²) in [5, 5.41) is 6.47. The number of amides is 1. The van der Waals surface area contributed by atoms with Crippen molar-refractivity contribution in [2.75, 3.05) is 26.3 Å². The van der Waals surface area contributed by atoms with Crippen LogP contribution in [0.4, 0.5) is 0 Å².